The van der Waals surface area contributed by atoms with Crippen LogP contribution in [-0.4, -0.2) is 26.3 Å². The molecule has 6 heteroatoms. The molecule has 0 radical (unpaired) electrons. The van der Waals surface area contributed by atoms with E-state index in [1.54, 1.807) is 24.4 Å². The molecule has 0 bridgehead atoms. The molecular formula is C20H21N3O2S. The van der Waals surface area contributed by atoms with Gasteiger partial charge in [-0.2, -0.15) is 0 Å². The van der Waals surface area contributed by atoms with Gasteiger partial charge in [-0.05, 0) is 35.7 Å². The van der Waals surface area contributed by atoms with E-state index in [9.17, 15) is 9.90 Å². The number of thioether (sulfide) groups is 1. The fourth-order valence-corrected chi connectivity index (χ4v) is 3.28. The molecule has 0 unspecified atom stereocenters. The second-order valence-corrected chi connectivity index (χ2v) is 7.12. The molecule has 0 aliphatic rings. The highest BCUT2D eigenvalue weighted by molar-refractivity contribution is 7.99. The van der Waals surface area contributed by atoms with Crippen LogP contribution in [0, 0.1) is 0 Å². The van der Waals surface area contributed by atoms with Crippen LogP contribution in [0.25, 0.3) is 5.69 Å². The number of para-hydroxylation sites is 2. The molecule has 2 aromatic carbocycles. The molecule has 3 aromatic rings. The SMILES string of the molecule is CC(C)c1ccc(-n2ccnc2SCC(=O)Nc2ccccc2O)cc1. The van der Waals surface area contributed by atoms with Crippen LogP contribution >= 0.6 is 11.8 Å². The minimum Gasteiger partial charge on any atom is -0.506 e. The van der Waals surface area contributed by atoms with E-state index in [1.807, 2.05) is 10.8 Å². The average Bonchev–Trinajstić information content (AvgIpc) is 3.10. The number of carbonyl (C=O) groups excluding carboxylic acids is 1. The Morgan fingerprint density at radius 2 is 1.92 bits per heavy atom. The molecule has 5 nitrogen and oxygen atoms in total. The summed E-state index contributed by atoms with van der Waals surface area (Å²) < 4.78 is 1.96. The van der Waals surface area contributed by atoms with Gasteiger partial charge in [0.2, 0.25) is 5.91 Å². The second-order valence-electron chi connectivity index (χ2n) is 6.18. The van der Waals surface area contributed by atoms with Crippen molar-refractivity contribution in [2.45, 2.75) is 24.9 Å². The number of hydrogen-bond acceptors (Lipinski definition) is 4. The third-order valence-corrected chi connectivity index (χ3v) is 4.92. The van der Waals surface area contributed by atoms with Crippen LogP contribution in [0.1, 0.15) is 25.3 Å². The van der Waals surface area contributed by atoms with Crippen molar-refractivity contribution in [2.75, 3.05) is 11.1 Å². The van der Waals surface area contributed by atoms with E-state index in [1.165, 1.54) is 23.4 Å². The van der Waals surface area contributed by atoms with Gasteiger partial charge in [-0.25, -0.2) is 4.98 Å². The van der Waals surface area contributed by atoms with Gasteiger partial charge in [0, 0.05) is 18.1 Å². The van der Waals surface area contributed by atoms with Gasteiger partial charge < -0.3 is 10.4 Å². The minimum atomic E-state index is -0.193. The lowest BCUT2D eigenvalue weighted by Crippen LogP contribution is -2.14. The number of aromatic hydroxyl groups is 1. The number of carbonyl (C=O) groups is 1. The fraction of sp³-hybridized carbons (Fsp3) is 0.200. The zero-order valence-corrected chi connectivity index (χ0v) is 15.5. The number of nitrogens with zero attached hydrogens (tertiary/aromatic N) is 2. The first-order valence-corrected chi connectivity index (χ1v) is 9.37. The first-order chi connectivity index (χ1) is 12.5. The number of rotatable bonds is 6. The first-order valence-electron chi connectivity index (χ1n) is 8.39. The maximum atomic E-state index is 12.1. The van der Waals surface area contributed by atoms with Gasteiger partial charge in [0.1, 0.15) is 5.75 Å². The Morgan fingerprint density at radius 1 is 1.19 bits per heavy atom. The third-order valence-electron chi connectivity index (χ3n) is 3.96. The van der Waals surface area contributed by atoms with E-state index in [0.717, 1.165) is 10.8 Å². The van der Waals surface area contributed by atoms with Crippen molar-refractivity contribution in [2.24, 2.45) is 0 Å². The Hall–Kier alpha value is -2.73. The molecule has 1 heterocycles. The zero-order chi connectivity index (χ0) is 18.5. The van der Waals surface area contributed by atoms with Crippen molar-refractivity contribution in [1.29, 1.82) is 0 Å². The summed E-state index contributed by atoms with van der Waals surface area (Å²) in [5, 5.41) is 13.2. The van der Waals surface area contributed by atoms with Crippen molar-refractivity contribution in [3.8, 4) is 11.4 Å². The Bertz CT molecular complexity index is 888. The number of anilines is 1. The van der Waals surface area contributed by atoms with Gasteiger partial charge in [0.15, 0.2) is 5.16 Å². The fourth-order valence-electron chi connectivity index (χ4n) is 2.51. The van der Waals surface area contributed by atoms with Crippen LogP contribution in [0.5, 0.6) is 5.75 Å². The lowest BCUT2D eigenvalue weighted by Gasteiger charge is -2.10. The lowest BCUT2D eigenvalue weighted by atomic mass is 10.0. The van der Waals surface area contributed by atoms with E-state index in [0.29, 0.717) is 11.6 Å². The normalized spacial score (nSPS) is 10.9. The van der Waals surface area contributed by atoms with Crippen LogP contribution in [0.2, 0.25) is 0 Å². The third kappa shape index (κ3) is 4.26. The molecule has 0 spiro atoms. The summed E-state index contributed by atoms with van der Waals surface area (Å²) >= 11 is 1.35. The Kier molecular flexibility index (Phi) is 5.63. The van der Waals surface area contributed by atoms with E-state index < -0.39 is 0 Å². The van der Waals surface area contributed by atoms with Gasteiger partial charge in [-0.3, -0.25) is 9.36 Å². The second kappa shape index (κ2) is 8.10. The number of imidazole rings is 1. The van der Waals surface area contributed by atoms with E-state index in [-0.39, 0.29) is 17.4 Å². The predicted molar refractivity (Wildman–Crippen MR) is 105 cm³/mol. The van der Waals surface area contributed by atoms with Gasteiger partial charge in [0.05, 0.1) is 11.4 Å². The molecule has 1 aromatic heterocycles. The minimum absolute atomic E-state index is 0.0533. The molecule has 0 fully saturated rings. The maximum absolute atomic E-state index is 12.1. The van der Waals surface area contributed by atoms with Gasteiger partial charge >= 0.3 is 0 Å². The van der Waals surface area contributed by atoms with Gasteiger partial charge in [-0.15, -0.1) is 0 Å². The summed E-state index contributed by atoms with van der Waals surface area (Å²) in [5.41, 5.74) is 2.70. The summed E-state index contributed by atoms with van der Waals surface area (Å²) in [6, 6.07) is 15.0. The van der Waals surface area contributed by atoms with E-state index >= 15 is 0 Å². The monoisotopic (exact) mass is 367 g/mol. The van der Waals surface area contributed by atoms with Crippen LogP contribution < -0.4 is 5.32 Å². The van der Waals surface area contributed by atoms with Crippen molar-refractivity contribution in [1.82, 2.24) is 9.55 Å². The van der Waals surface area contributed by atoms with E-state index in [2.05, 4.69) is 48.4 Å². The molecular weight excluding hydrogens is 346 g/mol. The Morgan fingerprint density at radius 3 is 2.62 bits per heavy atom. The summed E-state index contributed by atoms with van der Waals surface area (Å²) in [7, 11) is 0. The molecule has 0 aliphatic heterocycles. The topological polar surface area (TPSA) is 67.2 Å². The summed E-state index contributed by atoms with van der Waals surface area (Å²) in [5.74, 6) is 0.549. The lowest BCUT2D eigenvalue weighted by molar-refractivity contribution is -0.113. The number of amides is 1. The Labute approximate surface area is 157 Å². The molecule has 3 rings (SSSR count). The molecule has 0 atom stereocenters. The zero-order valence-electron chi connectivity index (χ0n) is 14.7. The van der Waals surface area contributed by atoms with Crippen molar-refractivity contribution in [3.05, 3.63) is 66.5 Å². The summed E-state index contributed by atoms with van der Waals surface area (Å²) in [6.07, 6.45) is 3.60. The average molecular weight is 367 g/mol. The summed E-state index contributed by atoms with van der Waals surface area (Å²) in [4.78, 5) is 16.5. The molecule has 0 aliphatic carbocycles. The molecule has 2 N–H and O–H groups in total. The number of phenolic OH excluding ortho intramolecular Hbond substituents is 1. The van der Waals surface area contributed by atoms with Crippen LogP contribution in [0.15, 0.2) is 66.1 Å². The molecule has 134 valence electrons. The van der Waals surface area contributed by atoms with Crippen LogP contribution in [-0.2, 0) is 4.79 Å². The highest BCUT2D eigenvalue weighted by Gasteiger charge is 2.11. The molecule has 1 amide bonds. The number of aromatic nitrogens is 2. The van der Waals surface area contributed by atoms with Crippen molar-refractivity contribution >= 4 is 23.4 Å². The quantitative estimate of drug-likeness (QED) is 0.499. The Balaban J connectivity index is 1.65. The van der Waals surface area contributed by atoms with E-state index in [4.69, 9.17) is 0 Å². The standard InChI is InChI=1S/C20H21N3O2S/c1-14(2)15-7-9-16(10-8-15)23-12-11-21-20(23)26-13-19(25)22-17-5-3-4-6-18(17)24/h3-12,14,24H,13H2,1-2H3,(H,22,25). The highest BCUT2D eigenvalue weighted by atomic mass is 32.2. The van der Waals surface area contributed by atoms with Gasteiger partial charge in [0.25, 0.3) is 0 Å². The first kappa shape index (κ1) is 18.1. The highest BCUT2D eigenvalue weighted by Crippen LogP contribution is 2.24. The number of phenols is 1. The van der Waals surface area contributed by atoms with Gasteiger partial charge in [-0.1, -0.05) is 49.9 Å². The summed E-state index contributed by atoms with van der Waals surface area (Å²) in [6.45, 7) is 4.33. The van der Waals surface area contributed by atoms with Crippen LogP contribution in [0.3, 0.4) is 0 Å². The van der Waals surface area contributed by atoms with Crippen molar-refractivity contribution < 1.29 is 9.90 Å². The predicted octanol–water partition coefficient (Wildman–Crippen LogP) is 4.43. The maximum Gasteiger partial charge on any atom is 0.234 e. The number of hydrogen-bond donors (Lipinski definition) is 2. The molecule has 26 heavy (non-hydrogen) atoms. The number of nitrogens with one attached hydrogen (secondary N) is 1. The molecule has 0 saturated carbocycles. The number of benzene rings is 2. The van der Waals surface area contributed by atoms with Crippen molar-refractivity contribution in [3.63, 3.8) is 0 Å². The smallest absolute Gasteiger partial charge is 0.234 e. The largest absolute Gasteiger partial charge is 0.506 e. The van der Waals surface area contributed by atoms with Crippen LogP contribution in [0.4, 0.5) is 5.69 Å². The molecule has 0 saturated heterocycles.